The van der Waals surface area contributed by atoms with E-state index in [0.717, 1.165) is 19.6 Å². The molecule has 1 aliphatic heterocycles. The second kappa shape index (κ2) is 6.22. The van der Waals surface area contributed by atoms with Crippen LogP contribution in [0, 0.1) is 0 Å². The number of aromatic nitrogens is 1. The molecule has 2 aromatic rings. The first kappa shape index (κ1) is 12.7. The highest BCUT2D eigenvalue weighted by molar-refractivity contribution is 5.81. The molecule has 1 aromatic heterocycles. The van der Waals surface area contributed by atoms with Crippen LogP contribution in [0.25, 0.3) is 10.8 Å². The average molecular weight is 257 g/mol. The predicted octanol–water partition coefficient (Wildman–Crippen LogP) is 2.33. The fourth-order valence-corrected chi connectivity index (χ4v) is 2.83. The minimum absolute atomic E-state index is 1.14. The smallest absolute Gasteiger partial charge is 0.0220 e. The van der Waals surface area contributed by atoms with E-state index >= 15 is 0 Å². The molecule has 1 N–H and O–H groups in total. The fraction of sp³-hybridized carbons (Fsp3) is 0.500. The molecule has 2 heterocycles. The zero-order chi connectivity index (χ0) is 12.9. The van der Waals surface area contributed by atoms with E-state index in [4.69, 9.17) is 0 Å². The summed E-state index contributed by atoms with van der Waals surface area (Å²) in [6.45, 7) is 7.13. The molecule has 102 valence electrons. The Balaban J connectivity index is 1.44. The minimum atomic E-state index is 1.14. The topological polar surface area (TPSA) is 20.2 Å². The zero-order valence-corrected chi connectivity index (χ0v) is 11.5. The molecule has 1 saturated heterocycles. The number of unbranched alkanes of at least 4 members (excludes halogenated alkanes) is 1. The van der Waals surface area contributed by atoms with Gasteiger partial charge in [0, 0.05) is 45.1 Å². The molecule has 0 amide bonds. The van der Waals surface area contributed by atoms with E-state index in [0.29, 0.717) is 0 Å². The van der Waals surface area contributed by atoms with Crippen LogP contribution in [0.2, 0.25) is 0 Å². The van der Waals surface area contributed by atoms with Crippen molar-refractivity contribution < 1.29 is 0 Å². The maximum atomic E-state index is 3.40. The third-order valence-electron chi connectivity index (χ3n) is 3.96. The van der Waals surface area contributed by atoms with E-state index < -0.39 is 0 Å². The Labute approximate surface area is 115 Å². The van der Waals surface area contributed by atoms with E-state index in [1.54, 1.807) is 0 Å². The molecule has 3 heteroatoms. The van der Waals surface area contributed by atoms with Crippen molar-refractivity contribution >= 4 is 10.8 Å². The Morgan fingerprint density at radius 2 is 1.53 bits per heavy atom. The third-order valence-corrected chi connectivity index (χ3v) is 3.96. The van der Waals surface area contributed by atoms with Crippen molar-refractivity contribution in [2.45, 2.75) is 19.4 Å². The van der Waals surface area contributed by atoms with Gasteiger partial charge in [-0.3, -0.25) is 0 Å². The number of benzene rings is 1. The van der Waals surface area contributed by atoms with Crippen molar-refractivity contribution in [3.63, 3.8) is 0 Å². The summed E-state index contributed by atoms with van der Waals surface area (Å²) in [5, 5.41) is 6.10. The Kier molecular flexibility index (Phi) is 4.16. The lowest BCUT2D eigenvalue weighted by Gasteiger charge is -2.27. The van der Waals surface area contributed by atoms with Crippen molar-refractivity contribution in [2.75, 3.05) is 32.7 Å². The summed E-state index contributed by atoms with van der Waals surface area (Å²) in [6.07, 6.45) is 7.10. The number of nitrogens with zero attached hydrogens (tertiary/aromatic N) is 2. The molecular formula is C16H23N3. The summed E-state index contributed by atoms with van der Waals surface area (Å²) in [7, 11) is 0. The van der Waals surface area contributed by atoms with Crippen LogP contribution in [0.5, 0.6) is 0 Å². The number of aryl methyl sites for hydroxylation is 1. The van der Waals surface area contributed by atoms with E-state index in [1.807, 2.05) is 0 Å². The molecule has 0 atom stereocenters. The summed E-state index contributed by atoms with van der Waals surface area (Å²) in [6, 6.07) is 8.59. The van der Waals surface area contributed by atoms with Crippen molar-refractivity contribution in [2.24, 2.45) is 0 Å². The lowest BCUT2D eigenvalue weighted by Crippen LogP contribution is -2.43. The number of hydrogen-bond donors (Lipinski definition) is 1. The lowest BCUT2D eigenvalue weighted by molar-refractivity contribution is 0.235. The summed E-state index contributed by atoms with van der Waals surface area (Å²) in [4.78, 5) is 2.57. The van der Waals surface area contributed by atoms with Crippen LogP contribution in [0.3, 0.4) is 0 Å². The summed E-state index contributed by atoms with van der Waals surface area (Å²) in [5.41, 5.74) is 0. The molecule has 1 aromatic carbocycles. The molecule has 0 aliphatic carbocycles. The normalized spacial score (nSPS) is 17.1. The van der Waals surface area contributed by atoms with Gasteiger partial charge in [-0.2, -0.15) is 0 Å². The highest BCUT2D eigenvalue weighted by Gasteiger charge is 2.08. The second-order valence-corrected chi connectivity index (χ2v) is 5.42. The first-order valence-corrected chi connectivity index (χ1v) is 7.39. The van der Waals surface area contributed by atoms with Crippen molar-refractivity contribution in [1.82, 2.24) is 14.8 Å². The molecule has 3 rings (SSSR count). The van der Waals surface area contributed by atoms with E-state index in [9.17, 15) is 0 Å². The quantitative estimate of drug-likeness (QED) is 0.830. The average Bonchev–Trinajstić information content (AvgIpc) is 2.87. The Morgan fingerprint density at radius 3 is 2.21 bits per heavy atom. The second-order valence-electron chi connectivity index (χ2n) is 5.42. The van der Waals surface area contributed by atoms with Gasteiger partial charge in [-0.25, -0.2) is 0 Å². The van der Waals surface area contributed by atoms with Gasteiger partial charge in [0.05, 0.1) is 0 Å². The van der Waals surface area contributed by atoms with Crippen LogP contribution >= 0.6 is 0 Å². The third kappa shape index (κ3) is 3.37. The van der Waals surface area contributed by atoms with Crippen LogP contribution in [-0.2, 0) is 6.54 Å². The number of piperazine rings is 1. The molecule has 1 aliphatic rings. The van der Waals surface area contributed by atoms with Gasteiger partial charge in [0.25, 0.3) is 0 Å². The molecule has 0 radical (unpaired) electrons. The van der Waals surface area contributed by atoms with Gasteiger partial charge >= 0.3 is 0 Å². The minimum Gasteiger partial charge on any atom is -0.353 e. The standard InChI is InChI=1S/C16H23N3/c1-2-6-16-14-19(13-15(16)5-1)10-4-3-9-18-11-7-17-8-12-18/h1-2,5-6,13-14,17H,3-4,7-12H2. The van der Waals surface area contributed by atoms with Crippen LogP contribution in [-0.4, -0.2) is 42.2 Å². The van der Waals surface area contributed by atoms with Crippen molar-refractivity contribution in [3.05, 3.63) is 36.7 Å². The van der Waals surface area contributed by atoms with Crippen LogP contribution in [0.1, 0.15) is 12.8 Å². The lowest BCUT2D eigenvalue weighted by atomic mass is 10.2. The van der Waals surface area contributed by atoms with Gasteiger partial charge in [0.1, 0.15) is 0 Å². The maximum Gasteiger partial charge on any atom is 0.0220 e. The zero-order valence-electron chi connectivity index (χ0n) is 11.5. The van der Waals surface area contributed by atoms with E-state index in [2.05, 4.69) is 51.4 Å². The van der Waals surface area contributed by atoms with Crippen LogP contribution in [0.4, 0.5) is 0 Å². The van der Waals surface area contributed by atoms with Crippen LogP contribution in [0.15, 0.2) is 36.7 Å². The monoisotopic (exact) mass is 257 g/mol. The number of fused-ring (bicyclic) bond motifs is 1. The summed E-state index contributed by atoms with van der Waals surface area (Å²) in [5.74, 6) is 0. The maximum absolute atomic E-state index is 3.40. The molecule has 0 saturated carbocycles. The fourth-order valence-electron chi connectivity index (χ4n) is 2.83. The SMILES string of the molecule is c1ccc2cn(CCCCN3CCNCC3)cc2c1. The molecule has 0 bridgehead atoms. The van der Waals surface area contributed by atoms with Gasteiger partial charge < -0.3 is 14.8 Å². The molecule has 3 nitrogen and oxygen atoms in total. The van der Waals surface area contributed by atoms with Gasteiger partial charge in [0.15, 0.2) is 0 Å². The first-order chi connectivity index (χ1) is 9.42. The van der Waals surface area contributed by atoms with Crippen LogP contribution < -0.4 is 5.32 Å². The Hall–Kier alpha value is -1.32. The molecule has 19 heavy (non-hydrogen) atoms. The predicted molar refractivity (Wildman–Crippen MR) is 80.5 cm³/mol. The highest BCUT2D eigenvalue weighted by Crippen LogP contribution is 2.15. The van der Waals surface area contributed by atoms with Crippen molar-refractivity contribution in [1.29, 1.82) is 0 Å². The number of nitrogens with one attached hydrogen (secondary N) is 1. The molecule has 0 unspecified atom stereocenters. The molecular weight excluding hydrogens is 234 g/mol. The van der Waals surface area contributed by atoms with Gasteiger partial charge in [-0.1, -0.05) is 24.3 Å². The van der Waals surface area contributed by atoms with E-state index in [1.165, 1.54) is 43.2 Å². The number of hydrogen-bond acceptors (Lipinski definition) is 2. The largest absolute Gasteiger partial charge is 0.353 e. The van der Waals surface area contributed by atoms with Gasteiger partial charge in [0.2, 0.25) is 0 Å². The van der Waals surface area contributed by atoms with E-state index in [-0.39, 0.29) is 0 Å². The van der Waals surface area contributed by atoms with Gasteiger partial charge in [-0.05, 0) is 30.2 Å². The summed E-state index contributed by atoms with van der Waals surface area (Å²) < 4.78 is 2.34. The number of rotatable bonds is 5. The van der Waals surface area contributed by atoms with Crippen molar-refractivity contribution in [3.8, 4) is 0 Å². The van der Waals surface area contributed by atoms with Gasteiger partial charge in [-0.15, -0.1) is 0 Å². The Bertz CT molecular complexity index is 478. The first-order valence-electron chi connectivity index (χ1n) is 7.39. The Morgan fingerprint density at radius 1 is 0.895 bits per heavy atom. The molecule has 0 spiro atoms. The molecule has 1 fully saturated rings. The summed E-state index contributed by atoms with van der Waals surface area (Å²) >= 11 is 0. The highest BCUT2D eigenvalue weighted by atomic mass is 15.2.